The van der Waals surface area contributed by atoms with Crippen LogP contribution in [0.25, 0.3) is 0 Å². The Morgan fingerprint density at radius 1 is 1.27 bits per heavy atom. The van der Waals surface area contributed by atoms with Crippen molar-refractivity contribution >= 4 is 0 Å². The molecule has 1 saturated heterocycles. The Balaban J connectivity index is 2.37. The Labute approximate surface area is 95.4 Å². The van der Waals surface area contributed by atoms with E-state index in [-0.39, 0.29) is 0 Å². The molecule has 1 heterocycles. The van der Waals surface area contributed by atoms with Crippen LogP contribution in [0.1, 0.15) is 46.5 Å². The van der Waals surface area contributed by atoms with Gasteiger partial charge in [0.2, 0.25) is 0 Å². The van der Waals surface area contributed by atoms with E-state index in [4.69, 9.17) is 0 Å². The van der Waals surface area contributed by atoms with Gasteiger partial charge in [-0.25, -0.2) is 0 Å². The summed E-state index contributed by atoms with van der Waals surface area (Å²) < 4.78 is 0. The molecule has 0 aliphatic carbocycles. The van der Waals surface area contributed by atoms with Crippen LogP contribution in [0.15, 0.2) is 0 Å². The van der Waals surface area contributed by atoms with Crippen LogP contribution in [0.5, 0.6) is 0 Å². The third kappa shape index (κ3) is 4.52. The molecule has 2 nitrogen and oxygen atoms in total. The van der Waals surface area contributed by atoms with Gasteiger partial charge in [0.25, 0.3) is 0 Å². The van der Waals surface area contributed by atoms with Crippen LogP contribution >= 0.6 is 0 Å². The first kappa shape index (κ1) is 13.0. The third-order valence-corrected chi connectivity index (χ3v) is 3.67. The minimum absolute atomic E-state index is 0.759. The molecular weight excluding hydrogens is 184 g/mol. The van der Waals surface area contributed by atoms with Crippen LogP contribution in [-0.4, -0.2) is 37.1 Å². The van der Waals surface area contributed by atoms with Crippen molar-refractivity contribution < 1.29 is 0 Å². The van der Waals surface area contributed by atoms with Crippen molar-refractivity contribution in [2.24, 2.45) is 5.92 Å². The number of likely N-dealkylation sites (N-methyl/N-ethyl adjacent to an activating group) is 1. The monoisotopic (exact) mass is 212 g/mol. The van der Waals surface area contributed by atoms with Crippen molar-refractivity contribution in [1.29, 1.82) is 0 Å². The molecule has 1 N–H and O–H groups in total. The standard InChI is InChI=1S/C13H28N2/c1-4-13(11-14-5-2)15-9-6-7-12(3)8-10-15/h12-14H,4-11H2,1-3H3. The highest BCUT2D eigenvalue weighted by Gasteiger charge is 2.19. The summed E-state index contributed by atoms with van der Waals surface area (Å²) in [6, 6.07) is 0.759. The lowest BCUT2D eigenvalue weighted by molar-refractivity contribution is 0.192. The van der Waals surface area contributed by atoms with Crippen LogP contribution in [0.4, 0.5) is 0 Å². The summed E-state index contributed by atoms with van der Waals surface area (Å²) in [4.78, 5) is 2.70. The van der Waals surface area contributed by atoms with Gasteiger partial charge in [-0.15, -0.1) is 0 Å². The molecule has 0 aromatic carbocycles. The summed E-state index contributed by atoms with van der Waals surface area (Å²) in [6.45, 7) is 11.8. The van der Waals surface area contributed by atoms with E-state index >= 15 is 0 Å². The van der Waals surface area contributed by atoms with Gasteiger partial charge in [-0.2, -0.15) is 0 Å². The Kier molecular flexibility index (Phi) is 6.26. The van der Waals surface area contributed by atoms with Gasteiger partial charge in [0.15, 0.2) is 0 Å². The van der Waals surface area contributed by atoms with Crippen LogP contribution in [-0.2, 0) is 0 Å². The first-order chi connectivity index (χ1) is 7.27. The van der Waals surface area contributed by atoms with Gasteiger partial charge in [-0.1, -0.05) is 20.8 Å². The number of nitrogens with zero attached hydrogens (tertiary/aromatic N) is 1. The largest absolute Gasteiger partial charge is 0.315 e. The number of rotatable bonds is 5. The highest BCUT2D eigenvalue weighted by Crippen LogP contribution is 2.18. The molecule has 0 radical (unpaired) electrons. The average Bonchev–Trinajstić information content (AvgIpc) is 2.45. The molecule has 0 amide bonds. The fourth-order valence-corrected chi connectivity index (χ4v) is 2.49. The molecular formula is C13H28N2. The molecule has 0 saturated carbocycles. The maximum Gasteiger partial charge on any atom is 0.0218 e. The molecule has 2 atom stereocenters. The predicted octanol–water partition coefficient (Wildman–Crippen LogP) is 2.50. The molecule has 1 aliphatic heterocycles. The second kappa shape index (κ2) is 7.24. The second-order valence-electron chi connectivity index (χ2n) is 4.94. The van der Waals surface area contributed by atoms with Gasteiger partial charge in [-0.3, -0.25) is 4.90 Å². The number of nitrogens with one attached hydrogen (secondary N) is 1. The number of hydrogen-bond acceptors (Lipinski definition) is 2. The Hall–Kier alpha value is -0.0800. The lowest BCUT2D eigenvalue weighted by atomic mass is 10.0. The normalized spacial score (nSPS) is 26.2. The van der Waals surface area contributed by atoms with E-state index in [1.54, 1.807) is 0 Å². The summed E-state index contributed by atoms with van der Waals surface area (Å²) in [5.41, 5.74) is 0. The van der Waals surface area contributed by atoms with Crippen molar-refractivity contribution in [3.05, 3.63) is 0 Å². The van der Waals surface area contributed by atoms with Crippen LogP contribution in [0.2, 0.25) is 0 Å². The third-order valence-electron chi connectivity index (χ3n) is 3.67. The molecule has 0 bridgehead atoms. The van der Waals surface area contributed by atoms with Crippen molar-refractivity contribution in [2.45, 2.75) is 52.5 Å². The van der Waals surface area contributed by atoms with Crippen LogP contribution in [0.3, 0.4) is 0 Å². The quantitative estimate of drug-likeness (QED) is 0.753. The molecule has 1 rings (SSSR count). The van der Waals surface area contributed by atoms with Gasteiger partial charge in [0, 0.05) is 12.6 Å². The lowest BCUT2D eigenvalue weighted by Gasteiger charge is -2.30. The van der Waals surface area contributed by atoms with Crippen molar-refractivity contribution in [2.75, 3.05) is 26.2 Å². The number of likely N-dealkylation sites (tertiary alicyclic amines) is 1. The Bertz CT molecular complexity index is 159. The minimum Gasteiger partial charge on any atom is -0.315 e. The van der Waals surface area contributed by atoms with Crippen molar-refractivity contribution in [3.63, 3.8) is 0 Å². The predicted molar refractivity (Wildman–Crippen MR) is 67.2 cm³/mol. The molecule has 0 spiro atoms. The van der Waals surface area contributed by atoms with E-state index in [1.165, 1.54) is 45.3 Å². The molecule has 2 heteroatoms. The van der Waals surface area contributed by atoms with E-state index in [9.17, 15) is 0 Å². The smallest absolute Gasteiger partial charge is 0.0218 e. The molecule has 0 aromatic heterocycles. The summed E-state index contributed by atoms with van der Waals surface area (Å²) in [6.07, 6.45) is 5.49. The molecule has 2 unspecified atom stereocenters. The first-order valence-electron chi connectivity index (χ1n) is 6.72. The van der Waals surface area contributed by atoms with Gasteiger partial charge in [-0.05, 0) is 51.2 Å². The molecule has 1 fully saturated rings. The second-order valence-corrected chi connectivity index (χ2v) is 4.94. The Morgan fingerprint density at radius 3 is 2.73 bits per heavy atom. The van der Waals surface area contributed by atoms with Crippen molar-refractivity contribution in [3.8, 4) is 0 Å². The summed E-state index contributed by atoms with van der Waals surface area (Å²) in [5.74, 6) is 0.937. The van der Waals surface area contributed by atoms with Gasteiger partial charge < -0.3 is 5.32 Å². The molecule has 15 heavy (non-hydrogen) atoms. The molecule has 0 aromatic rings. The van der Waals surface area contributed by atoms with E-state index in [1.807, 2.05) is 0 Å². The van der Waals surface area contributed by atoms with Gasteiger partial charge >= 0.3 is 0 Å². The van der Waals surface area contributed by atoms with Gasteiger partial charge in [0.1, 0.15) is 0 Å². The minimum atomic E-state index is 0.759. The summed E-state index contributed by atoms with van der Waals surface area (Å²) in [5, 5.41) is 3.49. The van der Waals surface area contributed by atoms with Gasteiger partial charge in [0.05, 0.1) is 0 Å². The molecule has 90 valence electrons. The highest BCUT2D eigenvalue weighted by molar-refractivity contribution is 4.76. The fourth-order valence-electron chi connectivity index (χ4n) is 2.49. The zero-order valence-electron chi connectivity index (χ0n) is 10.8. The van der Waals surface area contributed by atoms with E-state index in [0.29, 0.717) is 0 Å². The number of hydrogen-bond donors (Lipinski definition) is 1. The fraction of sp³-hybridized carbons (Fsp3) is 1.00. The lowest BCUT2D eigenvalue weighted by Crippen LogP contribution is -2.42. The Morgan fingerprint density at radius 2 is 2.07 bits per heavy atom. The summed E-state index contributed by atoms with van der Waals surface area (Å²) in [7, 11) is 0. The maximum absolute atomic E-state index is 3.49. The zero-order chi connectivity index (χ0) is 11.1. The van der Waals surface area contributed by atoms with E-state index < -0.39 is 0 Å². The SMILES string of the molecule is CCNCC(CC)N1CCCC(C)CC1. The summed E-state index contributed by atoms with van der Waals surface area (Å²) >= 11 is 0. The average molecular weight is 212 g/mol. The van der Waals surface area contributed by atoms with Crippen molar-refractivity contribution in [1.82, 2.24) is 10.2 Å². The molecule has 1 aliphatic rings. The van der Waals surface area contributed by atoms with Crippen LogP contribution < -0.4 is 5.32 Å². The van der Waals surface area contributed by atoms with E-state index in [0.717, 1.165) is 18.5 Å². The maximum atomic E-state index is 3.49. The topological polar surface area (TPSA) is 15.3 Å². The first-order valence-corrected chi connectivity index (χ1v) is 6.72. The zero-order valence-corrected chi connectivity index (χ0v) is 10.8. The highest BCUT2D eigenvalue weighted by atomic mass is 15.2. The van der Waals surface area contributed by atoms with Crippen LogP contribution in [0, 0.1) is 5.92 Å². The van der Waals surface area contributed by atoms with E-state index in [2.05, 4.69) is 31.0 Å².